The fourth-order valence-corrected chi connectivity index (χ4v) is 1.47. The summed E-state index contributed by atoms with van der Waals surface area (Å²) in [6.45, 7) is 2.99. The first-order valence-electron chi connectivity index (χ1n) is 5.40. The fraction of sp³-hybridized carbons (Fsp3) is 0.500. The van der Waals surface area contributed by atoms with Crippen LogP contribution in [0.5, 0.6) is 11.5 Å². The van der Waals surface area contributed by atoms with Crippen molar-refractivity contribution in [3.8, 4) is 11.5 Å². The molecule has 0 unspecified atom stereocenters. The summed E-state index contributed by atoms with van der Waals surface area (Å²) in [6, 6.07) is 4.65. The van der Waals surface area contributed by atoms with Gasteiger partial charge in [0.05, 0.1) is 6.61 Å². The van der Waals surface area contributed by atoms with E-state index in [0.29, 0.717) is 12.4 Å². The minimum atomic E-state index is -4.36. The minimum absolute atomic E-state index is 0.0937. The van der Waals surface area contributed by atoms with Crippen LogP contribution in [-0.2, 0) is 0 Å². The molecule has 0 radical (unpaired) electrons. The van der Waals surface area contributed by atoms with E-state index < -0.39 is 12.8 Å². The molecule has 0 spiro atoms. The molecule has 0 N–H and O–H groups in total. The van der Waals surface area contributed by atoms with Crippen LogP contribution in [0, 0.1) is 5.92 Å². The van der Waals surface area contributed by atoms with Crippen molar-refractivity contribution in [2.75, 3.05) is 13.2 Å². The van der Waals surface area contributed by atoms with E-state index in [4.69, 9.17) is 9.47 Å². The van der Waals surface area contributed by atoms with Crippen LogP contribution in [0.3, 0.4) is 0 Å². The number of benzene rings is 1. The summed E-state index contributed by atoms with van der Waals surface area (Å²) in [4.78, 5) is 0. The highest BCUT2D eigenvalue weighted by molar-refractivity contribution is 9.10. The SMILES string of the molecule is CC(C)COc1cc(Br)ccc1OCC(F)(F)F. The van der Waals surface area contributed by atoms with Gasteiger partial charge in [-0.25, -0.2) is 0 Å². The lowest BCUT2D eigenvalue weighted by molar-refractivity contribution is -0.153. The molecule has 0 heterocycles. The van der Waals surface area contributed by atoms with Crippen LogP contribution in [0.1, 0.15) is 13.8 Å². The van der Waals surface area contributed by atoms with E-state index in [2.05, 4.69) is 15.9 Å². The lowest BCUT2D eigenvalue weighted by Gasteiger charge is -2.15. The van der Waals surface area contributed by atoms with Crippen molar-refractivity contribution in [3.63, 3.8) is 0 Å². The summed E-state index contributed by atoms with van der Waals surface area (Å²) in [6.07, 6.45) is -4.36. The quantitative estimate of drug-likeness (QED) is 0.797. The number of hydrogen-bond donors (Lipinski definition) is 0. The molecule has 1 aromatic carbocycles. The molecule has 102 valence electrons. The van der Waals surface area contributed by atoms with Gasteiger partial charge in [0.1, 0.15) is 0 Å². The topological polar surface area (TPSA) is 18.5 Å². The molecule has 0 saturated carbocycles. The maximum atomic E-state index is 12.1. The molecular weight excluding hydrogens is 313 g/mol. The summed E-state index contributed by atoms with van der Waals surface area (Å²) >= 11 is 3.24. The van der Waals surface area contributed by atoms with Crippen molar-refractivity contribution < 1.29 is 22.6 Å². The number of rotatable bonds is 5. The van der Waals surface area contributed by atoms with Gasteiger partial charge in [0.15, 0.2) is 18.1 Å². The van der Waals surface area contributed by atoms with Crippen LogP contribution in [-0.4, -0.2) is 19.4 Å². The maximum absolute atomic E-state index is 12.1. The Bertz CT molecular complexity index is 391. The van der Waals surface area contributed by atoms with Crippen LogP contribution < -0.4 is 9.47 Å². The molecule has 6 heteroatoms. The number of hydrogen-bond acceptors (Lipinski definition) is 2. The summed E-state index contributed by atoms with van der Waals surface area (Å²) in [5.41, 5.74) is 0. The van der Waals surface area contributed by atoms with E-state index in [-0.39, 0.29) is 11.7 Å². The van der Waals surface area contributed by atoms with Gasteiger partial charge in [-0.15, -0.1) is 0 Å². The zero-order valence-electron chi connectivity index (χ0n) is 10.1. The van der Waals surface area contributed by atoms with Crippen LogP contribution in [0.2, 0.25) is 0 Å². The van der Waals surface area contributed by atoms with Crippen LogP contribution >= 0.6 is 15.9 Å². The highest BCUT2D eigenvalue weighted by atomic mass is 79.9. The van der Waals surface area contributed by atoms with E-state index >= 15 is 0 Å². The molecule has 0 aliphatic rings. The Labute approximate surface area is 112 Å². The molecular formula is C12H14BrF3O2. The van der Waals surface area contributed by atoms with E-state index in [1.54, 1.807) is 12.1 Å². The average molecular weight is 327 g/mol. The molecule has 0 aliphatic carbocycles. The summed E-state index contributed by atoms with van der Waals surface area (Å²) in [5, 5.41) is 0. The van der Waals surface area contributed by atoms with Crippen molar-refractivity contribution in [3.05, 3.63) is 22.7 Å². The average Bonchev–Trinajstić information content (AvgIpc) is 2.23. The van der Waals surface area contributed by atoms with E-state index in [9.17, 15) is 13.2 Å². The summed E-state index contributed by atoms with van der Waals surface area (Å²) < 4.78 is 47.1. The summed E-state index contributed by atoms with van der Waals surface area (Å²) in [5.74, 6) is 0.679. The van der Waals surface area contributed by atoms with E-state index in [0.717, 1.165) is 4.47 Å². The van der Waals surface area contributed by atoms with E-state index in [1.165, 1.54) is 6.07 Å². The monoisotopic (exact) mass is 326 g/mol. The van der Waals surface area contributed by atoms with Gasteiger partial charge < -0.3 is 9.47 Å². The second kappa shape index (κ2) is 6.31. The number of ether oxygens (including phenoxy) is 2. The smallest absolute Gasteiger partial charge is 0.422 e. The van der Waals surface area contributed by atoms with Gasteiger partial charge in [-0.1, -0.05) is 29.8 Å². The van der Waals surface area contributed by atoms with Crippen molar-refractivity contribution in [2.45, 2.75) is 20.0 Å². The molecule has 2 nitrogen and oxygen atoms in total. The molecule has 0 saturated heterocycles. The predicted molar refractivity (Wildman–Crippen MR) is 66.0 cm³/mol. The molecule has 18 heavy (non-hydrogen) atoms. The molecule has 1 aromatic rings. The predicted octanol–water partition coefficient (Wildman–Crippen LogP) is 4.43. The first-order valence-corrected chi connectivity index (χ1v) is 6.19. The van der Waals surface area contributed by atoms with Gasteiger partial charge in [0.25, 0.3) is 0 Å². The van der Waals surface area contributed by atoms with Crippen molar-refractivity contribution in [2.24, 2.45) is 5.92 Å². The Balaban J connectivity index is 2.76. The fourth-order valence-electron chi connectivity index (χ4n) is 1.13. The molecule has 1 rings (SSSR count). The Kier molecular flexibility index (Phi) is 5.31. The second-order valence-electron chi connectivity index (χ2n) is 4.20. The Morgan fingerprint density at radius 2 is 1.83 bits per heavy atom. The molecule has 0 amide bonds. The standard InChI is InChI=1S/C12H14BrF3O2/c1-8(2)6-17-11-5-9(13)3-4-10(11)18-7-12(14,15)16/h3-5,8H,6-7H2,1-2H3. The third-order valence-electron chi connectivity index (χ3n) is 1.87. The van der Waals surface area contributed by atoms with Gasteiger partial charge in [0, 0.05) is 4.47 Å². The number of halogens is 4. The van der Waals surface area contributed by atoms with Gasteiger partial charge >= 0.3 is 6.18 Å². The van der Waals surface area contributed by atoms with Gasteiger partial charge in [-0.3, -0.25) is 0 Å². The van der Waals surface area contributed by atoms with Gasteiger partial charge in [0.2, 0.25) is 0 Å². The first-order chi connectivity index (χ1) is 8.28. The highest BCUT2D eigenvalue weighted by Crippen LogP contribution is 2.32. The lowest BCUT2D eigenvalue weighted by Crippen LogP contribution is -2.19. The second-order valence-corrected chi connectivity index (χ2v) is 5.12. The van der Waals surface area contributed by atoms with Crippen molar-refractivity contribution >= 4 is 15.9 Å². The molecule has 0 fully saturated rings. The Morgan fingerprint density at radius 3 is 2.39 bits per heavy atom. The molecule has 0 aliphatic heterocycles. The van der Waals surface area contributed by atoms with Crippen LogP contribution in [0.15, 0.2) is 22.7 Å². The Morgan fingerprint density at radius 1 is 1.17 bits per heavy atom. The van der Waals surface area contributed by atoms with Crippen LogP contribution in [0.25, 0.3) is 0 Å². The maximum Gasteiger partial charge on any atom is 0.422 e. The van der Waals surface area contributed by atoms with Crippen molar-refractivity contribution in [1.82, 2.24) is 0 Å². The Hall–Kier alpha value is -0.910. The van der Waals surface area contributed by atoms with Crippen LogP contribution in [0.4, 0.5) is 13.2 Å². The molecule has 0 bridgehead atoms. The lowest BCUT2D eigenvalue weighted by atomic mass is 10.2. The highest BCUT2D eigenvalue weighted by Gasteiger charge is 2.29. The largest absolute Gasteiger partial charge is 0.489 e. The zero-order chi connectivity index (χ0) is 13.8. The van der Waals surface area contributed by atoms with Gasteiger partial charge in [-0.2, -0.15) is 13.2 Å². The number of alkyl halides is 3. The third kappa shape index (κ3) is 5.62. The van der Waals surface area contributed by atoms with Gasteiger partial charge in [-0.05, 0) is 24.1 Å². The molecule has 0 aromatic heterocycles. The molecule has 0 atom stereocenters. The minimum Gasteiger partial charge on any atom is -0.489 e. The third-order valence-corrected chi connectivity index (χ3v) is 2.36. The zero-order valence-corrected chi connectivity index (χ0v) is 11.6. The van der Waals surface area contributed by atoms with Crippen molar-refractivity contribution in [1.29, 1.82) is 0 Å². The first kappa shape index (κ1) is 15.1. The summed E-state index contributed by atoms with van der Waals surface area (Å²) in [7, 11) is 0. The normalized spacial score (nSPS) is 11.7. The van der Waals surface area contributed by atoms with E-state index in [1.807, 2.05) is 13.8 Å².